The van der Waals surface area contributed by atoms with Gasteiger partial charge in [0.25, 0.3) is 0 Å². The van der Waals surface area contributed by atoms with E-state index in [0.717, 1.165) is 23.1 Å². The molecule has 16 heteroatoms. The van der Waals surface area contributed by atoms with E-state index in [-0.39, 0.29) is 57.2 Å². The average Bonchev–Trinajstić information content (AvgIpc) is 3.64. The van der Waals surface area contributed by atoms with Gasteiger partial charge in [0, 0.05) is 66.9 Å². The number of anilines is 1. The maximum absolute atomic E-state index is 13.4. The number of aromatic carboxylic acids is 1. The van der Waals surface area contributed by atoms with Gasteiger partial charge in [0.15, 0.2) is 11.1 Å². The van der Waals surface area contributed by atoms with E-state index in [0.29, 0.717) is 55.7 Å². The third-order valence-electron chi connectivity index (χ3n) is 7.12. The number of fused-ring (bicyclic) bond motifs is 1. The molecular weight excluding hydrogens is 624 g/mol. The van der Waals surface area contributed by atoms with E-state index in [2.05, 4.69) is 20.6 Å². The molecule has 5 rings (SSSR count). The van der Waals surface area contributed by atoms with E-state index in [1.54, 1.807) is 28.5 Å². The van der Waals surface area contributed by atoms with E-state index in [9.17, 15) is 37.5 Å². The Morgan fingerprint density at radius 1 is 1.13 bits per heavy atom. The van der Waals surface area contributed by atoms with Crippen molar-refractivity contribution in [3.05, 3.63) is 63.5 Å². The first-order chi connectivity index (χ1) is 21.0. The second-order valence-corrected chi connectivity index (χ2v) is 10.9. The van der Waals surface area contributed by atoms with Gasteiger partial charge in [0.1, 0.15) is 10.8 Å². The quantitative estimate of drug-likeness (QED) is 0.254. The first-order valence-corrected chi connectivity index (χ1v) is 14.6. The van der Waals surface area contributed by atoms with E-state index in [4.69, 9.17) is 0 Å². The number of pyridine rings is 2. The van der Waals surface area contributed by atoms with Gasteiger partial charge in [-0.15, -0.1) is 11.3 Å². The number of amides is 3. The smallest absolute Gasteiger partial charge is 0.545 e. The molecule has 0 radical (unpaired) electrons. The van der Waals surface area contributed by atoms with Gasteiger partial charge < -0.3 is 24.7 Å². The van der Waals surface area contributed by atoms with Crippen molar-refractivity contribution in [2.24, 2.45) is 0 Å². The second-order valence-electron chi connectivity index (χ2n) is 10.1. The van der Waals surface area contributed by atoms with Gasteiger partial charge in [-0.2, -0.15) is 13.2 Å². The summed E-state index contributed by atoms with van der Waals surface area (Å²) in [6.45, 7) is 3.49. The molecule has 230 valence electrons. The number of hydrogen-bond acceptors (Lipinski definition) is 8. The van der Waals surface area contributed by atoms with Crippen molar-refractivity contribution < 1.29 is 62.2 Å². The number of urea groups is 1. The molecule has 4 heterocycles. The molecular formula is C29H26F3N6NaO5S. The minimum Gasteiger partial charge on any atom is -0.545 e. The van der Waals surface area contributed by atoms with Crippen LogP contribution in [0.4, 0.5) is 23.8 Å². The summed E-state index contributed by atoms with van der Waals surface area (Å²) in [5.74, 6) is -1.54. The number of likely N-dealkylation sites (tertiary alicyclic amines) is 1. The normalized spacial score (nSPS) is 13.2. The Morgan fingerprint density at radius 2 is 1.91 bits per heavy atom. The van der Waals surface area contributed by atoms with Crippen LogP contribution in [-0.4, -0.2) is 57.0 Å². The van der Waals surface area contributed by atoms with Crippen LogP contribution in [0.1, 0.15) is 42.2 Å². The summed E-state index contributed by atoms with van der Waals surface area (Å²) >= 11 is 0.744. The first kappa shape index (κ1) is 34.1. The van der Waals surface area contributed by atoms with Crippen LogP contribution >= 0.6 is 11.3 Å². The summed E-state index contributed by atoms with van der Waals surface area (Å²) < 4.78 is 41.8. The van der Waals surface area contributed by atoms with Gasteiger partial charge in [-0.25, -0.2) is 14.8 Å². The maximum Gasteiger partial charge on any atom is 1.00 e. The SMILES string of the molecule is CCNC(=O)Nc1cc(-c2nc(C(F)(F)F)cs2)c(-c2ccc3c(c2)c(=O)c(C(=O)[O-])cn3CCCN2CCCC2=O)cn1.[Na+]. The number of carbonyl (C=O) groups is 3. The molecule has 2 N–H and O–H groups in total. The van der Waals surface area contributed by atoms with Gasteiger partial charge in [-0.3, -0.25) is 14.9 Å². The summed E-state index contributed by atoms with van der Waals surface area (Å²) in [5.41, 5.74) is -1.14. The van der Waals surface area contributed by atoms with Crippen molar-refractivity contribution in [2.75, 3.05) is 25.0 Å². The van der Waals surface area contributed by atoms with Gasteiger partial charge in [-0.1, -0.05) is 6.07 Å². The number of nitrogens with one attached hydrogen (secondary N) is 2. The molecule has 11 nitrogen and oxygen atoms in total. The number of rotatable bonds is 9. The van der Waals surface area contributed by atoms with Crippen LogP contribution < -0.4 is 50.7 Å². The molecule has 0 saturated carbocycles. The molecule has 4 aromatic rings. The predicted molar refractivity (Wildman–Crippen MR) is 155 cm³/mol. The van der Waals surface area contributed by atoms with Crippen LogP contribution in [0.2, 0.25) is 0 Å². The van der Waals surface area contributed by atoms with Crippen molar-refractivity contribution in [1.29, 1.82) is 0 Å². The predicted octanol–water partition coefficient (Wildman–Crippen LogP) is 0.727. The molecule has 1 aliphatic rings. The third kappa shape index (κ3) is 7.54. The number of alkyl halides is 3. The first-order valence-electron chi connectivity index (χ1n) is 13.7. The molecule has 1 aromatic carbocycles. The molecule has 1 saturated heterocycles. The van der Waals surface area contributed by atoms with Gasteiger partial charge >= 0.3 is 41.8 Å². The van der Waals surface area contributed by atoms with Crippen molar-refractivity contribution in [2.45, 2.75) is 38.9 Å². The van der Waals surface area contributed by atoms with Crippen LogP contribution in [0.25, 0.3) is 32.6 Å². The largest absolute Gasteiger partial charge is 1.00 e. The number of benzene rings is 1. The summed E-state index contributed by atoms with van der Waals surface area (Å²) in [4.78, 5) is 58.9. The monoisotopic (exact) mass is 650 g/mol. The standard InChI is InChI=1S/C29H27F3N6O5S.Na/c1-2-33-28(43)36-23-12-17(26-35-22(15-44-26)29(30,31)32)19(13-34-23)16-6-7-21-18(11-16)25(40)20(27(41)42)14-38(21)10-4-9-37-8-3-5-24(37)39;/h6-7,11-15H,2-5,8-10H2,1H3,(H,41,42)(H2,33,34,36,43);/q;+1/p-1. The molecule has 45 heavy (non-hydrogen) atoms. The number of aryl methyl sites for hydroxylation is 1. The topological polar surface area (TPSA) is 149 Å². The van der Waals surface area contributed by atoms with Gasteiger partial charge in [-0.05, 0) is 43.5 Å². The molecule has 0 spiro atoms. The van der Waals surface area contributed by atoms with E-state index in [1.807, 2.05) is 0 Å². The molecule has 1 fully saturated rings. The van der Waals surface area contributed by atoms with Crippen LogP contribution in [0.3, 0.4) is 0 Å². The van der Waals surface area contributed by atoms with Crippen molar-refractivity contribution in [1.82, 2.24) is 24.8 Å². The Labute approximate surface area is 280 Å². The number of thiazole rings is 1. The molecule has 3 amide bonds. The number of carboxylic acid groups (broad SMARTS) is 1. The zero-order valence-corrected chi connectivity index (χ0v) is 27.2. The average molecular weight is 651 g/mol. The minimum absolute atomic E-state index is 0. The third-order valence-corrected chi connectivity index (χ3v) is 7.99. The molecule has 0 aliphatic carbocycles. The number of halogens is 3. The molecule has 0 unspecified atom stereocenters. The van der Waals surface area contributed by atoms with E-state index < -0.39 is 34.9 Å². The summed E-state index contributed by atoms with van der Waals surface area (Å²) in [5, 5.41) is 17.8. The minimum atomic E-state index is -4.68. The van der Waals surface area contributed by atoms with Crippen LogP contribution in [-0.2, 0) is 17.5 Å². The number of aromatic nitrogens is 3. The molecule has 0 atom stereocenters. The van der Waals surface area contributed by atoms with Crippen LogP contribution in [0, 0.1) is 0 Å². The Balaban J connectivity index is 0.00000461. The van der Waals surface area contributed by atoms with E-state index >= 15 is 0 Å². The Morgan fingerprint density at radius 3 is 2.56 bits per heavy atom. The van der Waals surface area contributed by atoms with Crippen molar-refractivity contribution in [3.8, 4) is 21.7 Å². The molecule has 1 aliphatic heterocycles. The van der Waals surface area contributed by atoms with Crippen LogP contribution in [0.15, 0.2) is 46.8 Å². The summed E-state index contributed by atoms with van der Waals surface area (Å²) in [6, 6.07) is 5.50. The number of nitrogens with zero attached hydrogens (tertiary/aromatic N) is 4. The molecule has 3 aromatic heterocycles. The number of hydrogen-bond donors (Lipinski definition) is 2. The summed E-state index contributed by atoms with van der Waals surface area (Å²) in [6.07, 6.45) is -0.332. The number of carboxylic acids is 1. The fourth-order valence-corrected chi connectivity index (χ4v) is 5.90. The van der Waals surface area contributed by atoms with Crippen LogP contribution in [0.5, 0.6) is 0 Å². The van der Waals surface area contributed by atoms with Gasteiger partial charge in [0.05, 0.1) is 17.0 Å². The van der Waals surface area contributed by atoms with Gasteiger partial charge in [0.2, 0.25) is 5.91 Å². The summed E-state index contributed by atoms with van der Waals surface area (Å²) in [7, 11) is 0. The Kier molecular flexibility index (Phi) is 10.7. The maximum atomic E-state index is 13.4. The fourth-order valence-electron chi connectivity index (χ4n) is 5.05. The van der Waals surface area contributed by atoms with Crippen molar-refractivity contribution >= 4 is 46.0 Å². The Hall–Kier alpha value is -3.79. The zero-order chi connectivity index (χ0) is 31.6. The zero-order valence-electron chi connectivity index (χ0n) is 24.4. The second kappa shape index (κ2) is 14.1. The van der Waals surface area contributed by atoms with Crippen molar-refractivity contribution in [3.63, 3.8) is 0 Å². The fraction of sp³-hybridized carbons (Fsp3) is 0.310. The molecule has 0 bridgehead atoms. The van der Waals surface area contributed by atoms with E-state index in [1.165, 1.54) is 24.5 Å². The Bertz CT molecular complexity index is 1830. The number of carbonyl (C=O) groups excluding carboxylic acids is 3.